The summed E-state index contributed by atoms with van der Waals surface area (Å²) in [5.74, 6) is -0.654. The summed E-state index contributed by atoms with van der Waals surface area (Å²) in [7, 11) is 7.14. The number of thiocarbonyl (C=S) groups is 1. The van der Waals surface area contributed by atoms with Crippen molar-refractivity contribution in [1.82, 2.24) is 20.4 Å². The van der Waals surface area contributed by atoms with Crippen LogP contribution >= 0.6 is 12.2 Å². The third-order valence-corrected chi connectivity index (χ3v) is 5.10. The molecule has 1 aliphatic heterocycles. The SMILES string of the molecule is C/C=C(\CCN(C)C)NC(=S)C(=O)N[C@H]1CCCN(C(=O)C(COC)COC)C1. The molecular weight excluding hydrogens is 392 g/mol. The fourth-order valence-electron chi connectivity index (χ4n) is 3.22. The zero-order valence-corrected chi connectivity index (χ0v) is 19.1. The minimum atomic E-state index is -0.337. The van der Waals surface area contributed by atoms with Crippen molar-refractivity contribution >= 4 is 29.0 Å². The Hall–Kier alpha value is -1.55. The van der Waals surface area contributed by atoms with Crippen LogP contribution < -0.4 is 10.6 Å². The second kappa shape index (κ2) is 13.6. The van der Waals surface area contributed by atoms with E-state index in [0.717, 1.165) is 31.5 Å². The number of methoxy groups -OCH3 is 2. The summed E-state index contributed by atoms with van der Waals surface area (Å²) >= 11 is 5.27. The van der Waals surface area contributed by atoms with Crippen LogP contribution in [0, 0.1) is 5.92 Å². The molecule has 2 N–H and O–H groups in total. The molecule has 1 saturated heterocycles. The first-order chi connectivity index (χ1) is 13.8. The van der Waals surface area contributed by atoms with Gasteiger partial charge in [-0.25, -0.2) is 0 Å². The summed E-state index contributed by atoms with van der Waals surface area (Å²) in [5, 5.41) is 6.00. The van der Waals surface area contributed by atoms with Crippen LogP contribution in [0.15, 0.2) is 11.8 Å². The maximum atomic E-state index is 12.8. The Morgan fingerprint density at radius 3 is 2.48 bits per heavy atom. The zero-order valence-electron chi connectivity index (χ0n) is 18.3. The van der Waals surface area contributed by atoms with Crippen molar-refractivity contribution in [2.75, 3.05) is 61.2 Å². The van der Waals surface area contributed by atoms with E-state index in [4.69, 9.17) is 21.7 Å². The highest BCUT2D eigenvalue weighted by Gasteiger charge is 2.30. The van der Waals surface area contributed by atoms with E-state index in [1.807, 2.05) is 27.1 Å². The number of likely N-dealkylation sites (tertiary alicyclic amines) is 1. The number of hydrogen-bond donors (Lipinski definition) is 2. The lowest BCUT2D eigenvalue weighted by Crippen LogP contribution is -2.53. The lowest BCUT2D eigenvalue weighted by atomic mass is 10.0. The van der Waals surface area contributed by atoms with E-state index in [1.165, 1.54) is 0 Å². The highest BCUT2D eigenvalue weighted by atomic mass is 32.1. The maximum absolute atomic E-state index is 12.8. The maximum Gasteiger partial charge on any atom is 0.279 e. The number of ether oxygens (including phenoxy) is 2. The van der Waals surface area contributed by atoms with Crippen molar-refractivity contribution in [2.24, 2.45) is 5.92 Å². The molecule has 166 valence electrons. The fourth-order valence-corrected chi connectivity index (χ4v) is 3.41. The molecule has 0 aromatic rings. The molecule has 0 bridgehead atoms. The molecule has 0 spiro atoms. The van der Waals surface area contributed by atoms with Crippen LogP contribution in [0.5, 0.6) is 0 Å². The van der Waals surface area contributed by atoms with Crippen molar-refractivity contribution < 1.29 is 19.1 Å². The Labute approximate surface area is 180 Å². The highest BCUT2D eigenvalue weighted by molar-refractivity contribution is 7.82. The van der Waals surface area contributed by atoms with Gasteiger partial charge in [0.15, 0.2) is 4.99 Å². The molecule has 0 saturated carbocycles. The number of rotatable bonds is 10. The number of nitrogens with one attached hydrogen (secondary N) is 2. The van der Waals surface area contributed by atoms with Gasteiger partial charge in [0.25, 0.3) is 5.91 Å². The summed E-state index contributed by atoms with van der Waals surface area (Å²) < 4.78 is 10.3. The number of carbonyl (C=O) groups excluding carboxylic acids is 2. The summed E-state index contributed by atoms with van der Waals surface area (Å²) in [5.41, 5.74) is 0.918. The predicted molar refractivity (Wildman–Crippen MR) is 118 cm³/mol. The summed E-state index contributed by atoms with van der Waals surface area (Å²) in [6.07, 6.45) is 4.35. The minimum absolute atomic E-state index is 0.00626. The first kappa shape index (κ1) is 25.5. The van der Waals surface area contributed by atoms with Gasteiger partial charge in [-0.3, -0.25) is 9.59 Å². The van der Waals surface area contributed by atoms with E-state index in [9.17, 15) is 9.59 Å². The van der Waals surface area contributed by atoms with Gasteiger partial charge in [-0.05, 0) is 40.3 Å². The second-order valence-electron chi connectivity index (χ2n) is 7.53. The number of piperidine rings is 1. The molecule has 9 heteroatoms. The predicted octanol–water partition coefficient (Wildman–Crippen LogP) is 0.775. The molecule has 0 unspecified atom stereocenters. The Kier molecular flexibility index (Phi) is 12.0. The second-order valence-corrected chi connectivity index (χ2v) is 7.93. The van der Waals surface area contributed by atoms with Gasteiger partial charge in [-0.2, -0.15) is 0 Å². The monoisotopic (exact) mass is 428 g/mol. The molecule has 1 aliphatic rings. The number of amides is 2. The summed E-state index contributed by atoms with van der Waals surface area (Å²) in [6.45, 7) is 4.54. The first-order valence-corrected chi connectivity index (χ1v) is 10.4. The third kappa shape index (κ3) is 9.20. The number of carbonyl (C=O) groups is 2. The van der Waals surface area contributed by atoms with Crippen LogP contribution in [0.3, 0.4) is 0 Å². The van der Waals surface area contributed by atoms with Crippen LogP contribution in [0.1, 0.15) is 26.2 Å². The Morgan fingerprint density at radius 2 is 1.93 bits per heavy atom. The smallest absolute Gasteiger partial charge is 0.279 e. The number of allylic oxidation sites excluding steroid dienone is 1. The van der Waals surface area contributed by atoms with E-state index in [0.29, 0.717) is 26.3 Å². The van der Waals surface area contributed by atoms with Crippen LogP contribution in [0.4, 0.5) is 0 Å². The number of nitrogens with zero attached hydrogens (tertiary/aromatic N) is 2. The average Bonchev–Trinajstić information content (AvgIpc) is 2.70. The Bertz CT molecular complexity index is 577. The van der Waals surface area contributed by atoms with Crippen LogP contribution in [-0.2, 0) is 19.1 Å². The van der Waals surface area contributed by atoms with E-state index < -0.39 is 0 Å². The molecule has 29 heavy (non-hydrogen) atoms. The molecule has 1 rings (SSSR count). The van der Waals surface area contributed by atoms with E-state index in [-0.39, 0.29) is 28.8 Å². The van der Waals surface area contributed by atoms with Gasteiger partial charge < -0.3 is 29.9 Å². The third-order valence-electron chi connectivity index (χ3n) is 4.81. The standard InChI is InChI=1S/C20H36N4O4S/c1-6-16(9-11-23(2)3)22-19(29)18(25)21-17-8-7-10-24(12-17)20(26)15(13-27-4)14-28-5/h6,15,17H,7-14H2,1-5H3,(H,21,25)(H,22,29)/b16-6+/t17-/m0/s1. The Balaban J connectivity index is 2.58. The van der Waals surface area contributed by atoms with Crippen LogP contribution in [0.2, 0.25) is 0 Å². The average molecular weight is 429 g/mol. The molecule has 1 heterocycles. The lowest BCUT2D eigenvalue weighted by molar-refractivity contribution is -0.141. The van der Waals surface area contributed by atoms with Gasteiger partial charge in [0, 0.05) is 45.6 Å². The lowest BCUT2D eigenvalue weighted by Gasteiger charge is -2.35. The van der Waals surface area contributed by atoms with E-state index >= 15 is 0 Å². The van der Waals surface area contributed by atoms with Crippen LogP contribution in [0.25, 0.3) is 0 Å². The molecule has 0 aromatic carbocycles. The molecule has 0 aliphatic carbocycles. The van der Waals surface area contributed by atoms with E-state index in [2.05, 4.69) is 15.5 Å². The molecule has 8 nitrogen and oxygen atoms in total. The normalized spacial score (nSPS) is 17.6. The number of hydrogen-bond acceptors (Lipinski definition) is 6. The quantitative estimate of drug-likeness (QED) is 0.498. The van der Waals surface area contributed by atoms with Gasteiger partial charge in [-0.1, -0.05) is 18.3 Å². The minimum Gasteiger partial charge on any atom is -0.384 e. The highest BCUT2D eigenvalue weighted by Crippen LogP contribution is 2.14. The first-order valence-electron chi connectivity index (χ1n) is 10.0. The van der Waals surface area contributed by atoms with Crippen molar-refractivity contribution in [3.63, 3.8) is 0 Å². The molecule has 0 aromatic heterocycles. The molecule has 0 radical (unpaired) electrons. The van der Waals surface area contributed by atoms with Gasteiger partial charge in [-0.15, -0.1) is 0 Å². The van der Waals surface area contributed by atoms with Gasteiger partial charge in [0.2, 0.25) is 5.91 Å². The molecule has 1 fully saturated rings. The van der Waals surface area contributed by atoms with Crippen molar-refractivity contribution in [1.29, 1.82) is 0 Å². The topological polar surface area (TPSA) is 83.1 Å². The molecule has 1 atom stereocenters. The molecular formula is C20H36N4O4S. The van der Waals surface area contributed by atoms with Crippen LogP contribution in [-0.4, -0.2) is 93.8 Å². The van der Waals surface area contributed by atoms with E-state index in [1.54, 1.807) is 19.1 Å². The summed E-state index contributed by atoms with van der Waals surface area (Å²) in [6, 6.07) is -0.124. The van der Waals surface area contributed by atoms with Crippen molar-refractivity contribution in [2.45, 2.75) is 32.2 Å². The summed E-state index contributed by atoms with van der Waals surface area (Å²) in [4.78, 5) is 29.3. The Morgan fingerprint density at radius 1 is 1.28 bits per heavy atom. The zero-order chi connectivity index (χ0) is 21.8. The van der Waals surface area contributed by atoms with Gasteiger partial charge in [0.1, 0.15) is 0 Å². The molecule has 2 amide bonds. The van der Waals surface area contributed by atoms with Crippen molar-refractivity contribution in [3.8, 4) is 0 Å². The van der Waals surface area contributed by atoms with Gasteiger partial charge in [0.05, 0.1) is 19.1 Å². The largest absolute Gasteiger partial charge is 0.384 e. The fraction of sp³-hybridized carbons (Fsp3) is 0.750. The van der Waals surface area contributed by atoms with Crippen molar-refractivity contribution in [3.05, 3.63) is 11.8 Å². The van der Waals surface area contributed by atoms with Gasteiger partial charge >= 0.3 is 0 Å².